The lowest BCUT2D eigenvalue weighted by Crippen LogP contribution is -2.44. The van der Waals surface area contributed by atoms with Gasteiger partial charge in [0.15, 0.2) is 5.75 Å². The van der Waals surface area contributed by atoms with Crippen LogP contribution in [0.25, 0.3) is 10.8 Å². The molecule has 0 aliphatic heterocycles. The van der Waals surface area contributed by atoms with Gasteiger partial charge in [-0.05, 0) is 79.1 Å². The predicted molar refractivity (Wildman–Crippen MR) is 174 cm³/mol. The van der Waals surface area contributed by atoms with Crippen molar-refractivity contribution in [1.29, 1.82) is 0 Å². The second kappa shape index (κ2) is 14.1. The minimum absolute atomic E-state index is 0.0636. The molecule has 0 aliphatic carbocycles. The number of carboxylic acids is 1. The van der Waals surface area contributed by atoms with Gasteiger partial charge in [-0.3, -0.25) is 0 Å². The number of halogens is 2. The number of carbonyl (C=O) groups excluding carboxylic acids is 1. The molecule has 1 unspecified atom stereocenters. The van der Waals surface area contributed by atoms with Gasteiger partial charge in [-0.15, -0.1) is 0 Å². The second-order valence-electron chi connectivity index (χ2n) is 11.6. The monoisotopic (exact) mass is 638 g/mol. The number of amides is 1. The number of rotatable bonds is 11. The fraction of sp³-hybridized carbons (Fsp3) is 0.294. The summed E-state index contributed by atoms with van der Waals surface area (Å²) in [7, 11) is 3.90. The predicted octanol–water partition coefficient (Wildman–Crippen LogP) is 7.89. The first-order valence-corrected chi connectivity index (χ1v) is 14.8. The quantitative estimate of drug-likeness (QED) is 0.172. The van der Waals surface area contributed by atoms with Crippen molar-refractivity contribution in [3.05, 3.63) is 99.5 Å². The van der Waals surface area contributed by atoms with E-state index in [4.69, 9.17) is 37.4 Å². The van der Waals surface area contributed by atoms with Crippen molar-refractivity contribution in [3.63, 3.8) is 0 Å². The van der Waals surface area contributed by atoms with Crippen molar-refractivity contribution in [2.24, 2.45) is 0 Å². The number of carboxylic acid groups (broad SMARTS) is 1. The first kappa shape index (κ1) is 32.8. The molecule has 0 fully saturated rings. The molecule has 0 bridgehead atoms. The first-order chi connectivity index (χ1) is 20.8. The molecule has 1 amide bonds. The molecule has 0 saturated carbocycles. The van der Waals surface area contributed by atoms with E-state index in [1.165, 1.54) is 5.39 Å². The maximum absolute atomic E-state index is 12.2. The average molecular weight is 640 g/mol. The van der Waals surface area contributed by atoms with E-state index in [9.17, 15) is 14.7 Å². The summed E-state index contributed by atoms with van der Waals surface area (Å²) in [5.74, 6) is -0.314. The van der Waals surface area contributed by atoms with Crippen molar-refractivity contribution in [2.75, 3.05) is 19.0 Å². The summed E-state index contributed by atoms with van der Waals surface area (Å²) in [5.41, 5.74) is 2.53. The second-order valence-corrected chi connectivity index (χ2v) is 12.4. The van der Waals surface area contributed by atoms with Crippen LogP contribution in [0.5, 0.6) is 11.5 Å². The topological polar surface area (TPSA) is 97.3 Å². The molecule has 10 heteroatoms. The summed E-state index contributed by atoms with van der Waals surface area (Å²) in [6, 6.07) is 22.2. The Balaban J connectivity index is 1.49. The van der Waals surface area contributed by atoms with Gasteiger partial charge in [0.2, 0.25) is 0 Å². The highest BCUT2D eigenvalue weighted by molar-refractivity contribution is 6.37. The number of benzene rings is 4. The summed E-state index contributed by atoms with van der Waals surface area (Å²) in [4.78, 5) is 26.0. The highest BCUT2D eigenvalue weighted by Gasteiger charge is 2.25. The van der Waals surface area contributed by atoms with Crippen LogP contribution in [-0.2, 0) is 29.2 Å². The number of fused-ring (bicyclic) bond motifs is 1. The highest BCUT2D eigenvalue weighted by atomic mass is 35.5. The van der Waals surface area contributed by atoms with Gasteiger partial charge >= 0.3 is 12.1 Å². The van der Waals surface area contributed by atoms with Gasteiger partial charge in [0.25, 0.3) is 0 Å². The number of hydrogen-bond acceptors (Lipinski definition) is 6. The van der Waals surface area contributed by atoms with Crippen LogP contribution >= 0.6 is 23.2 Å². The van der Waals surface area contributed by atoms with E-state index >= 15 is 0 Å². The Kier molecular flexibility index (Phi) is 10.5. The van der Waals surface area contributed by atoms with Crippen LogP contribution in [0.4, 0.5) is 10.5 Å². The Labute approximate surface area is 267 Å². The van der Waals surface area contributed by atoms with Crippen molar-refractivity contribution >= 4 is 51.7 Å². The van der Waals surface area contributed by atoms with Gasteiger partial charge in [-0.1, -0.05) is 59.6 Å². The molecule has 0 aliphatic rings. The summed E-state index contributed by atoms with van der Waals surface area (Å²) in [5, 5.41) is 14.8. The number of carbonyl (C=O) groups is 2. The number of aliphatic carboxylic acids is 1. The molecule has 1 atom stereocenters. The summed E-state index contributed by atoms with van der Waals surface area (Å²) in [6.45, 7) is 5.56. The van der Waals surface area contributed by atoms with Crippen molar-refractivity contribution in [2.45, 2.75) is 52.0 Å². The van der Waals surface area contributed by atoms with Crippen molar-refractivity contribution in [3.8, 4) is 11.5 Å². The molecule has 4 aromatic rings. The third kappa shape index (κ3) is 8.94. The molecule has 0 spiro atoms. The molecular formula is C34H36Cl2N2O6. The van der Waals surface area contributed by atoms with E-state index in [0.29, 0.717) is 17.9 Å². The zero-order valence-corrected chi connectivity index (χ0v) is 26.8. The van der Waals surface area contributed by atoms with Gasteiger partial charge in [0.1, 0.15) is 30.6 Å². The molecule has 4 rings (SSSR count). The zero-order valence-electron chi connectivity index (χ0n) is 25.3. The van der Waals surface area contributed by atoms with Crippen LogP contribution in [0, 0.1) is 0 Å². The fourth-order valence-electron chi connectivity index (χ4n) is 4.49. The third-order valence-corrected chi connectivity index (χ3v) is 7.19. The van der Waals surface area contributed by atoms with Crippen molar-refractivity contribution < 1.29 is 28.9 Å². The van der Waals surface area contributed by atoms with E-state index in [0.717, 1.165) is 22.2 Å². The molecule has 232 valence electrons. The van der Waals surface area contributed by atoms with Crippen LogP contribution in [0.2, 0.25) is 10.0 Å². The SMILES string of the molecule is CN(C)c1ccc(OCc2ccc3ccccc3c2)c(COc2c(Cl)cc(CC(NC(=O)OC(C)(C)C)C(=O)O)cc2Cl)c1. The molecule has 0 heterocycles. The largest absolute Gasteiger partial charge is 0.488 e. The molecule has 0 saturated heterocycles. The lowest BCUT2D eigenvalue weighted by molar-refractivity contribution is -0.139. The standard InChI is InChI=1S/C34H36Cl2N2O6/c1-34(2,3)44-33(41)37-29(32(39)40)17-22-15-27(35)31(28(36)16-22)43-20-25-18-26(38(4)5)12-13-30(25)42-19-21-10-11-23-8-6-7-9-24(23)14-21/h6-16,18,29H,17,19-20H2,1-5H3,(H,37,41)(H,39,40). The Morgan fingerprint density at radius 1 is 0.864 bits per heavy atom. The van der Waals surface area contributed by atoms with Gasteiger partial charge < -0.3 is 29.5 Å². The number of nitrogens with one attached hydrogen (secondary N) is 1. The maximum Gasteiger partial charge on any atom is 0.408 e. The van der Waals surface area contributed by atoms with E-state index in [1.54, 1.807) is 32.9 Å². The van der Waals surface area contributed by atoms with E-state index in [-0.39, 0.29) is 28.8 Å². The van der Waals surface area contributed by atoms with Crippen LogP contribution in [-0.4, -0.2) is 42.9 Å². The van der Waals surface area contributed by atoms with Crippen molar-refractivity contribution in [1.82, 2.24) is 5.32 Å². The number of anilines is 1. The lowest BCUT2D eigenvalue weighted by atomic mass is 10.1. The zero-order chi connectivity index (χ0) is 32.0. The average Bonchev–Trinajstić information content (AvgIpc) is 2.94. The highest BCUT2D eigenvalue weighted by Crippen LogP contribution is 2.36. The first-order valence-electron chi connectivity index (χ1n) is 14.0. The molecule has 8 nitrogen and oxygen atoms in total. The van der Waals surface area contributed by atoms with Gasteiger partial charge in [-0.2, -0.15) is 0 Å². The summed E-state index contributed by atoms with van der Waals surface area (Å²) < 4.78 is 17.5. The Morgan fingerprint density at radius 3 is 2.18 bits per heavy atom. The molecule has 0 radical (unpaired) electrons. The van der Waals surface area contributed by atoms with Gasteiger partial charge in [-0.25, -0.2) is 9.59 Å². The maximum atomic E-state index is 12.2. The van der Waals surface area contributed by atoms with Crippen LogP contribution in [0.3, 0.4) is 0 Å². The van der Waals surface area contributed by atoms with Crippen LogP contribution in [0.15, 0.2) is 72.8 Å². The summed E-state index contributed by atoms with van der Waals surface area (Å²) >= 11 is 13.1. The smallest absolute Gasteiger partial charge is 0.408 e. The Hall–Kier alpha value is -4.14. The third-order valence-electron chi connectivity index (χ3n) is 6.63. The van der Waals surface area contributed by atoms with Gasteiger partial charge in [0.05, 0.1) is 10.0 Å². The Morgan fingerprint density at radius 2 is 1.55 bits per heavy atom. The molecule has 4 aromatic carbocycles. The summed E-state index contributed by atoms with van der Waals surface area (Å²) in [6.07, 6.45) is -0.896. The molecule has 2 N–H and O–H groups in total. The molecule has 0 aromatic heterocycles. The van der Waals surface area contributed by atoms with E-state index in [2.05, 4.69) is 29.6 Å². The van der Waals surface area contributed by atoms with E-state index < -0.39 is 23.7 Å². The normalized spacial score (nSPS) is 12.0. The Bertz CT molecular complexity index is 1630. The lowest BCUT2D eigenvalue weighted by Gasteiger charge is -2.22. The van der Waals surface area contributed by atoms with Crippen LogP contribution in [0.1, 0.15) is 37.5 Å². The van der Waals surface area contributed by atoms with Gasteiger partial charge in [0, 0.05) is 31.8 Å². The molecule has 44 heavy (non-hydrogen) atoms. The van der Waals surface area contributed by atoms with Crippen LogP contribution < -0.4 is 19.7 Å². The number of hydrogen-bond donors (Lipinski definition) is 2. The fourth-order valence-corrected chi connectivity index (χ4v) is 5.13. The number of ether oxygens (including phenoxy) is 3. The van der Waals surface area contributed by atoms with E-state index in [1.807, 2.05) is 55.4 Å². The molecular weight excluding hydrogens is 603 g/mol. The minimum Gasteiger partial charge on any atom is -0.488 e. The minimum atomic E-state index is -1.25. The number of alkyl carbamates (subject to hydrolysis) is 1. The number of nitrogens with zero attached hydrogens (tertiary/aromatic N) is 1.